The minimum Gasteiger partial charge on any atom is -0.493 e. The Kier molecular flexibility index (Phi) is 5.89. The molecule has 0 unspecified atom stereocenters. The zero-order valence-corrected chi connectivity index (χ0v) is 15.6. The molecule has 1 aromatic carbocycles. The lowest BCUT2D eigenvalue weighted by molar-refractivity contribution is 0.0994. The van der Waals surface area contributed by atoms with Crippen molar-refractivity contribution in [3.63, 3.8) is 0 Å². The van der Waals surface area contributed by atoms with E-state index < -0.39 is 5.91 Å². The highest BCUT2D eigenvalue weighted by atomic mass is 16.5. The highest BCUT2D eigenvalue weighted by Gasteiger charge is 2.20. The predicted molar refractivity (Wildman–Crippen MR) is 102 cm³/mol. The standard InChI is InChI=1S/C21H27N3O2/c1-15-3-4-16(2)18(11-15)13-24-9-6-17(7-10-24)14-26-19-5-8-23-20(12-19)21(22)25/h3-5,8,11-12,17H,6-7,9-10,13-14H2,1-2H3,(H2,22,25). The van der Waals surface area contributed by atoms with Gasteiger partial charge >= 0.3 is 0 Å². The van der Waals surface area contributed by atoms with E-state index in [0.717, 1.165) is 32.5 Å². The van der Waals surface area contributed by atoms with Gasteiger partial charge in [-0.05, 0) is 62.9 Å². The smallest absolute Gasteiger partial charge is 0.267 e. The van der Waals surface area contributed by atoms with E-state index >= 15 is 0 Å². The van der Waals surface area contributed by atoms with Crippen molar-refractivity contribution < 1.29 is 9.53 Å². The van der Waals surface area contributed by atoms with Crippen molar-refractivity contribution in [3.05, 3.63) is 58.9 Å². The molecular weight excluding hydrogens is 326 g/mol. The molecule has 138 valence electrons. The van der Waals surface area contributed by atoms with E-state index in [4.69, 9.17) is 10.5 Å². The number of pyridine rings is 1. The maximum Gasteiger partial charge on any atom is 0.267 e. The van der Waals surface area contributed by atoms with Crippen LogP contribution in [0.25, 0.3) is 0 Å². The van der Waals surface area contributed by atoms with Crippen LogP contribution in [0, 0.1) is 19.8 Å². The minimum absolute atomic E-state index is 0.242. The molecule has 0 spiro atoms. The summed E-state index contributed by atoms with van der Waals surface area (Å²) in [6, 6.07) is 10.1. The van der Waals surface area contributed by atoms with Gasteiger partial charge in [-0.3, -0.25) is 14.7 Å². The fraction of sp³-hybridized carbons (Fsp3) is 0.429. The second-order valence-corrected chi connectivity index (χ2v) is 7.20. The van der Waals surface area contributed by atoms with Crippen LogP contribution in [-0.4, -0.2) is 35.5 Å². The number of piperidine rings is 1. The summed E-state index contributed by atoms with van der Waals surface area (Å²) in [6.07, 6.45) is 3.81. The number of ether oxygens (including phenoxy) is 1. The van der Waals surface area contributed by atoms with Gasteiger partial charge in [0.1, 0.15) is 11.4 Å². The van der Waals surface area contributed by atoms with Crippen molar-refractivity contribution in [1.29, 1.82) is 0 Å². The molecule has 2 N–H and O–H groups in total. The summed E-state index contributed by atoms with van der Waals surface area (Å²) in [7, 11) is 0. The number of carbonyl (C=O) groups excluding carboxylic acids is 1. The molecule has 5 heteroatoms. The Bertz CT molecular complexity index is 768. The van der Waals surface area contributed by atoms with Gasteiger partial charge in [0.15, 0.2) is 0 Å². The largest absolute Gasteiger partial charge is 0.493 e. The summed E-state index contributed by atoms with van der Waals surface area (Å²) in [4.78, 5) is 17.6. The lowest BCUT2D eigenvalue weighted by Gasteiger charge is -2.32. The monoisotopic (exact) mass is 353 g/mol. The number of nitrogens with two attached hydrogens (primary N) is 1. The van der Waals surface area contributed by atoms with Crippen LogP contribution in [0.15, 0.2) is 36.5 Å². The van der Waals surface area contributed by atoms with Gasteiger partial charge in [-0.1, -0.05) is 23.8 Å². The van der Waals surface area contributed by atoms with E-state index in [9.17, 15) is 4.79 Å². The summed E-state index contributed by atoms with van der Waals surface area (Å²) in [5.74, 6) is 0.664. The average molecular weight is 353 g/mol. The topological polar surface area (TPSA) is 68.4 Å². The molecule has 2 aromatic rings. The van der Waals surface area contributed by atoms with E-state index in [2.05, 4.69) is 41.9 Å². The van der Waals surface area contributed by atoms with Gasteiger partial charge in [0.25, 0.3) is 5.91 Å². The maximum atomic E-state index is 11.2. The molecule has 0 aliphatic carbocycles. The van der Waals surface area contributed by atoms with Crippen molar-refractivity contribution in [1.82, 2.24) is 9.88 Å². The molecule has 1 aromatic heterocycles. The normalized spacial score (nSPS) is 15.8. The molecule has 1 aliphatic rings. The Morgan fingerprint density at radius 2 is 2.00 bits per heavy atom. The molecule has 2 heterocycles. The third-order valence-corrected chi connectivity index (χ3v) is 5.08. The number of aromatic nitrogens is 1. The van der Waals surface area contributed by atoms with Gasteiger partial charge in [0.2, 0.25) is 0 Å². The third-order valence-electron chi connectivity index (χ3n) is 5.08. The van der Waals surface area contributed by atoms with Crippen molar-refractivity contribution >= 4 is 5.91 Å². The molecule has 1 saturated heterocycles. The summed E-state index contributed by atoms with van der Waals surface area (Å²) in [5.41, 5.74) is 9.61. The molecule has 3 rings (SSSR count). The SMILES string of the molecule is Cc1ccc(C)c(CN2CCC(COc3ccnc(C(N)=O)c3)CC2)c1. The Morgan fingerprint density at radius 3 is 2.73 bits per heavy atom. The molecule has 1 amide bonds. The number of hydrogen-bond acceptors (Lipinski definition) is 4. The summed E-state index contributed by atoms with van der Waals surface area (Å²) in [5, 5.41) is 0. The van der Waals surface area contributed by atoms with E-state index in [1.54, 1.807) is 18.3 Å². The van der Waals surface area contributed by atoms with Gasteiger partial charge in [-0.25, -0.2) is 0 Å². The van der Waals surface area contributed by atoms with Gasteiger partial charge in [0, 0.05) is 18.8 Å². The lowest BCUT2D eigenvalue weighted by Crippen LogP contribution is -2.35. The van der Waals surface area contributed by atoms with Crippen LogP contribution in [-0.2, 0) is 6.54 Å². The quantitative estimate of drug-likeness (QED) is 0.866. The van der Waals surface area contributed by atoms with Gasteiger partial charge < -0.3 is 10.5 Å². The molecule has 0 bridgehead atoms. The first-order valence-corrected chi connectivity index (χ1v) is 9.18. The lowest BCUT2D eigenvalue weighted by atomic mass is 9.96. The van der Waals surface area contributed by atoms with Gasteiger partial charge in [0.05, 0.1) is 6.61 Å². The zero-order chi connectivity index (χ0) is 18.5. The van der Waals surface area contributed by atoms with Crippen molar-refractivity contribution in [2.45, 2.75) is 33.2 Å². The van der Waals surface area contributed by atoms with E-state index in [-0.39, 0.29) is 5.69 Å². The molecule has 0 saturated carbocycles. The number of amides is 1. The fourth-order valence-corrected chi connectivity index (χ4v) is 3.37. The first-order valence-electron chi connectivity index (χ1n) is 9.18. The average Bonchev–Trinajstić information content (AvgIpc) is 2.64. The van der Waals surface area contributed by atoms with Crippen LogP contribution >= 0.6 is 0 Å². The molecule has 1 aliphatic heterocycles. The first kappa shape index (κ1) is 18.4. The minimum atomic E-state index is -0.532. The van der Waals surface area contributed by atoms with E-state index in [1.807, 2.05) is 0 Å². The molecule has 0 atom stereocenters. The van der Waals surface area contributed by atoms with Crippen molar-refractivity contribution in [3.8, 4) is 5.75 Å². The van der Waals surface area contributed by atoms with E-state index in [1.165, 1.54) is 16.7 Å². The molecule has 1 fully saturated rings. The third kappa shape index (κ3) is 4.82. The number of nitrogens with zero attached hydrogens (tertiary/aromatic N) is 2. The molecular formula is C21H27N3O2. The fourth-order valence-electron chi connectivity index (χ4n) is 3.37. The predicted octanol–water partition coefficient (Wildman–Crippen LogP) is 3.09. The molecule has 0 radical (unpaired) electrons. The van der Waals surface area contributed by atoms with Crippen LogP contribution in [0.3, 0.4) is 0 Å². The molecule has 5 nitrogen and oxygen atoms in total. The van der Waals surface area contributed by atoms with Crippen molar-refractivity contribution in [2.75, 3.05) is 19.7 Å². The Balaban J connectivity index is 1.47. The number of rotatable bonds is 6. The van der Waals surface area contributed by atoms with Gasteiger partial charge in [-0.15, -0.1) is 0 Å². The summed E-state index contributed by atoms with van der Waals surface area (Å²) in [6.45, 7) is 8.20. The Hall–Kier alpha value is -2.40. The second kappa shape index (κ2) is 8.32. The van der Waals surface area contributed by atoms with Crippen LogP contribution < -0.4 is 10.5 Å². The molecule has 26 heavy (non-hydrogen) atoms. The van der Waals surface area contributed by atoms with Crippen LogP contribution in [0.2, 0.25) is 0 Å². The number of primary amides is 1. The number of likely N-dealkylation sites (tertiary alicyclic amines) is 1. The number of aryl methyl sites for hydroxylation is 2. The van der Waals surface area contributed by atoms with Crippen LogP contribution in [0.5, 0.6) is 5.75 Å². The van der Waals surface area contributed by atoms with E-state index in [0.29, 0.717) is 18.3 Å². The number of benzene rings is 1. The van der Waals surface area contributed by atoms with Gasteiger partial charge in [-0.2, -0.15) is 0 Å². The first-order chi connectivity index (χ1) is 12.5. The zero-order valence-electron chi connectivity index (χ0n) is 15.6. The Morgan fingerprint density at radius 1 is 1.23 bits per heavy atom. The summed E-state index contributed by atoms with van der Waals surface area (Å²) >= 11 is 0. The second-order valence-electron chi connectivity index (χ2n) is 7.20. The van der Waals surface area contributed by atoms with Crippen molar-refractivity contribution in [2.24, 2.45) is 11.7 Å². The van der Waals surface area contributed by atoms with Crippen LogP contribution in [0.4, 0.5) is 0 Å². The maximum absolute atomic E-state index is 11.2. The number of carbonyl (C=O) groups is 1. The van der Waals surface area contributed by atoms with Crippen LogP contribution in [0.1, 0.15) is 40.0 Å². The highest BCUT2D eigenvalue weighted by molar-refractivity contribution is 5.91. The highest BCUT2D eigenvalue weighted by Crippen LogP contribution is 2.22. The number of hydrogen-bond donors (Lipinski definition) is 1. The Labute approximate surface area is 155 Å². The summed E-state index contributed by atoms with van der Waals surface area (Å²) < 4.78 is 5.86.